The highest BCUT2D eigenvalue weighted by Crippen LogP contribution is 2.45. The van der Waals surface area contributed by atoms with Gasteiger partial charge in [-0.1, -0.05) is 12.8 Å². The average molecular weight is 280 g/mol. The van der Waals surface area contributed by atoms with Crippen molar-refractivity contribution in [3.8, 4) is 0 Å². The summed E-state index contributed by atoms with van der Waals surface area (Å²) in [5.41, 5.74) is -0.538. The third-order valence-corrected chi connectivity index (χ3v) is 6.71. The Hall–Kier alpha value is -0.230. The lowest BCUT2D eigenvalue weighted by atomic mass is 9.66. The average Bonchev–Trinajstić information content (AvgIpc) is 2.14. The molecule has 1 rings (SSSR count). The van der Waals surface area contributed by atoms with E-state index in [-0.39, 0.29) is 10.8 Å². The van der Waals surface area contributed by atoms with Gasteiger partial charge in [-0.05, 0) is 31.9 Å². The van der Waals surface area contributed by atoms with Crippen molar-refractivity contribution in [2.75, 3.05) is 17.1 Å². The van der Waals surface area contributed by atoms with Crippen LogP contribution < -0.4 is 0 Å². The first-order valence-corrected chi connectivity index (χ1v) is 9.06. The molecule has 0 atom stereocenters. The third-order valence-electron chi connectivity index (χ3n) is 3.42. The minimum absolute atomic E-state index is 0.164. The fraction of sp³-hybridized carbons (Fsp3) is 0.909. The summed E-state index contributed by atoms with van der Waals surface area (Å²) in [5.74, 6) is -0.528. The number of carboxylic acids is 1. The van der Waals surface area contributed by atoms with Crippen LogP contribution in [0.3, 0.4) is 0 Å². The highest BCUT2D eigenvalue weighted by Gasteiger charge is 2.43. The SMILES string of the molecule is CSCS(=O)(=O)CCCCC1(C(=O)O)CCC1. The Morgan fingerprint density at radius 2 is 2.00 bits per heavy atom. The van der Waals surface area contributed by atoms with Crippen molar-refractivity contribution in [1.29, 1.82) is 0 Å². The zero-order chi connectivity index (χ0) is 12.9. The maximum Gasteiger partial charge on any atom is 0.309 e. The quantitative estimate of drug-likeness (QED) is 0.690. The summed E-state index contributed by atoms with van der Waals surface area (Å²) in [6.45, 7) is 0. The molecule has 0 unspecified atom stereocenters. The lowest BCUT2D eigenvalue weighted by Gasteiger charge is -2.37. The maximum atomic E-state index is 11.4. The summed E-state index contributed by atoms with van der Waals surface area (Å²) in [6.07, 6.45) is 6.15. The molecule has 1 N–H and O–H groups in total. The van der Waals surface area contributed by atoms with Crippen LogP contribution in [0.2, 0.25) is 0 Å². The van der Waals surface area contributed by atoms with Crippen LogP contribution in [0, 0.1) is 5.41 Å². The predicted molar refractivity (Wildman–Crippen MR) is 69.9 cm³/mol. The van der Waals surface area contributed by atoms with Gasteiger partial charge in [0.25, 0.3) is 0 Å². The fourth-order valence-corrected chi connectivity index (χ4v) is 4.75. The topological polar surface area (TPSA) is 71.4 Å². The first-order valence-electron chi connectivity index (χ1n) is 5.85. The second-order valence-electron chi connectivity index (χ2n) is 4.75. The van der Waals surface area contributed by atoms with E-state index in [4.69, 9.17) is 5.11 Å². The summed E-state index contributed by atoms with van der Waals surface area (Å²) < 4.78 is 22.9. The van der Waals surface area contributed by atoms with Crippen LogP contribution in [0.15, 0.2) is 0 Å². The minimum atomic E-state index is -2.94. The molecule has 100 valence electrons. The van der Waals surface area contributed by atoms with E-state index in [1.807, 2.05) is 0 Å². The number of hydrogen-bond donors (Lipinski definition) is 1. The van der Waals surface area contributed by atoms with E-state index in [2.05, 4.69) is 0 Å². The molecule has 0 aromatic carbocycles. The zero-order valence-electron chi connectivity index (χ0n) is 10.1. The summed E-state index contributed by atoms with van der Waals surface area (Å²) in [4.78, 5) is 11.1. The highest BCUT2D eigenvalue weighted by atomic mass is 32.3. The summed E-state index contributed by atoms with van der Waals surface area (Å²) in [5, 5.41) is 9.27. The molecule has 0 saturated heterocycles. The molecule has 1 aliphatic rings. The molecule has 0 heterocycles. The molecule has 17 heavy (non-hydrogen) atoms. The number of sulfone groups is 1. The van der Waals surface area contributed by atoms with Gasteiger partial charge >= 0.3 is 5.97 Å². The monoisotopic (exact) mass is 280 g/mol. The van der Waals surface area contributed by atoms with Gasteiger partial charge in [-0.25, -0.2) is 8.42 Å². The van der Waals surface area contributed by atoms with Gasteiger partial charge in [0.15, 0.2) is 9.84 Å². The number of rotatable bonds is 8. The Morgan fingerprint density at radius 1 is 1.35 bits per heavy atom. The second kappa shape index (κ2) is 6.09. The number of carbonyl (C=O) groups is 1. The zero-order valence-corrected chi connectivity index (χ0v) is 11.8. The molecule has 0 aromatic heterocycles. The van der Waals surface area contributed by atoms with Gasteiger partial charge in [-0.2, -0.15) is 0 Å². The van der Waals surface area contributed by atoms with Crippen molar-refractivity contribution in [2.45, 2.75) is 38.5 Å². The number of aliphatic carboxylic acids is 1. The molecule has 4 nitrogen and oxygen atoms in total. The molecule has 0 radical (unpaired) electrons. The minimum Gasteiger partial charge on any atom is -0.481 e. The van der Waals surface area contributed by atoms with E-state index < -0.39 is 21.2 Å². The predicted octanol–water partition coefficient (Wildman–Crippen LogP) is 2.15. The standard InChI is InChI=1S/C11H20O4S2/c1-16-9-17(14,15)8-3-2-5-11(10(12)13)6-4-7-11/h2-9H2,1H3,(H,12,13). The Morgan fingerprint density at radius 3 is 2.41 bits per heavy atom. The lowest BCUT2D eigenvalue weighted by molar-refractivity contribution is -0.155. The Kier molecular flexibility index (Phi) is 5.31. The normalized spacial score (nSPS) is 18.6. The summed E-state index contributed by atoms with van der Waals surface area (Å²) in [6, 6.07) is 0. The van der Waals surface area contributed by atoms with Crippen molar-refractivity contribution in [1.82, 2.24) is 0 Å². The highest BCUT2D eigenvalue weighted by molar-refractivity contribution is 8.12. The van der Waals surface area contributed by atoms with E-state index in [1.54, 1.807) is 6.26 Å². The molecule has 6 heteroatoms. The Balaban J connectivity index is 2.26. The van der Waals surface area contributed by atoms with E-state index in [0.29, 0.717) is 19.3 Å². The van der Waals surface area contributed by atoms with Crippen LogP contribution in [0.5, 0.6) is 0 Å². The van der Waals surface area contributed by atoms with Crippen LogP contribution in [0.4, 0.5) is 0 Å². The fourth-order valence-electron chi connectivity index (χ4n) is 2.20. The molecular formula is C11H20O4S2. The van der Waals surface area contributed by atoms with Gasteiger partial charge in [-0.3, -0.25) is 4.79 Å². The largest absolute Gasteiger partial charge is 0.481 e. The van der Waals surface area contributed by atoms with Crippen molar-refractivity contribution in [3.63, 3.8) is 0 Å². The number of unbranched alkanes of at least 4 members (excludes halogenated alkanes) is 1. The molecule has 0 aromatic rings. The van der Waals surface area contributed by atoms with Crippen LogP contribution in [0.25, 0.3) is 0 Å². The van der Waals surface area contributed by atoms with Crippen molar-refractivity contribution in [3.05, 3.63) is 0 Å². The molecule has 1 aliphatic carbocycles. The summed E-state index contributed by atoms with van der Waals surface area (Å²) in [7, 11) is -2.94. The van der Waals surface area contributed by atoms with E-state index in [1.165, 1.54) is 11.8 Å². The molecular weight excluding hydrogens is 260 g/mol. The van der Waals surface area contributed by atoms with Gasteiger partial charge < -0.3 is 5.11 Å². The lowest BCUT2D eigenvalue weighted by Crippen LogP contribution is -2.37. The number of carboxylic acid groups (broad SMARTS) is 1. The van der Waals surface area contributed by atoms with Gasteiger partial charge in [0, 0.05) is 0 Å². The molecule has 1 saturated carbocycles. The van der Waals surface area contributed by atoms with E-state index in [0.717, 1.165) is 19.3 Å². The molecule has 0 spiro atoms. The maximum absolute atomic E-state index is 11.4. The molecule has 0 amide bonds. The van der Waals surface area contributed by atoms with E-state index >= 15 is 0 Å². The van der Waals surface area contributed by atoms with Crippen LogP contribution in [-0.2, 0) is 14.6 Å². The smallest absolute Gasteiger partial charge is 0.309 e. The van der Waals surface area contributed by atoms with Crippen LogP contribution in [0.1, 0.15) is 38.5 Å². The first-order chi connectivity index (χ1) is 7.92. The van der Waals surface area contributed by atoms with Gasteiger partial charge in [0.2, 0.25) is 0 Å². The molecule has 0 aliphatic heterocycles. The number of thioether (sulfide) groups is 1. The van der Waals surface area contributed by atoms with E-state index in [9.17, 15) is 13.2 Å². The van der Waals surface area contributed by atoms with Crippen molar-refractivity contribution < 1.29 is 18.3 Å². The third kappa shape index (κ3) is 4.17. The Labute approximate surface area is 107 Å². The molecule has 0 bridgehead atoms. The Bertz CT molecular complexity index is 358. The second-order valence-corrected chi connectivity index (χ2v) is 8.17. The first kappa shape index (κ1) is 14.8. The van der Waals surface area contributed by atoms with Gasteiger partial charge in [-0.15, -0.1) is 11.8 Å². The van der Waals surface area contributed by atoms with Crippen molar-refractivity contribution in [2.24, 2.45) is 5.41 Å². The summed E-state index contributed by atoms with van der Waals surface area (Å²) >= 11 is 1.31. The number of hydrogen-bond acceptors (Lipinski definition) is 4. The molecule has 1 fully saturated rings. The van der Waals surface area contributed by atoms with Gasteiger partial charge in [0.05, 0.1) is 16.3 Å². The van der Waals surface area contributed by atoms with Gasteiger partial charge in [0.1, 0.15) is 0 Å². The van der Waals surface area contributed by atoms with Crippen LogP contribution >= 0.6 is 11.8 Å². The van der Waals surface area contributed by atoms with Crippen molar-refractivity contribution >= 4 is 27.6 Å². The van der Waals surface area contributed by atoms with Crippen LogP contribution in [-0.4, -0.2) is 36.6 Å².